The molecule has 1 aromatic carbocycles. The Balaban J connectivity index is 2.01. The number of hydrogen-bond donors (Lipinski definition) is 2. The molecule has 3 heteroatoms. The number of methoxy groups -OCH3 is 1. The van der Waals surface area contributed by atoms with Crippen LogP contribution in [-0.2, 0) is 6.54 Å². The van der Waals surface area contributed by atoms with Crippen molar-refractivity contribution in [1.29, 1.82) is 0 Å². The lowest BCUT2D eigenvalue weighted by atomic mass is 10.1. The van der Waals surface area contributed by atoms with Gasteiger partial charge in [-0.05, 0) is 24.6 Å². The second-order valence-corrected chi connectivity index (χ2v) is 4.06. The molecular formula is C14H18N2O. The quantitative estimate of drug-likeness (QED) is 0.828. The summed E-state index contributed by atoms with van der Waals surface area (Å²) >= 11 is 0. The van der Waals surface area contributed by atoms with Crippen molar-refractivity contribution in [3.8, 4) is 5.75 Å². The lowest BCUT2D eigenvalue weighted by Crippen LogP contribution is -2.18. The van der Waals surface area contributed by atoms with Gasteiger partial charge in [-0.2, -0.15) is 0 Å². The van der Waals surface area contributed by atoms with Crippen LogP contribution in [-0.4, -0.2) is 12.1 Å². The van der Waals surface area contributed by atoms with Gasteiger partial charge < -0.3 is 15.0 Å². The molecule has 90 valence electrons. The van der Waals surface area contributed by atoms with Crippen LogP contribution in [0.3, 0.4) is 0 Å². The Hall–Kier alpha value is -1.74. The summed E-state index contributed by atoms with van der Waals surface area (Å²) in [4.78, 5) is 3.05. The summed E-state index contributed by atoms with van der Waals surface area (Å²) < 4.78 is 5.36. The van der Waals surface area contributed by atoms with Crippen molar-refractivity contribution >= 4 is 0 Å². The Morgan fingerprint density at radius 3 is 2.82 bits per heavy atom. The van der Waals surface area contributed by atoms with Crippen LogP contribution in [0.15, 0.2) is 42.7 Å². The molecule has 0 saturated carbocycles. The lowest BCUT2D eigenvalue weighted by Gasteiger charge is -2.16. The maximum atomic E-state index is 5.36. The first-order valence-electron chi connectivity index (χ1n) is 5.79. The summed E-state index contributed by atoms with van der Waals surface area (Å²) in [5, 5.41) is 3.48. The SMILES string of the molecule is COc1ccccc1[C@@H](C)NCc1cc[nH]c1. The maximum absolute atomic E-state index is 5.36. The Morgan fingerprint density at radius 2 is 2.12 bits per heavy atom. The molecule has 1 atom stereocenters. The van der Waals surface area contributed by atoms with Crippen molar-refractivity contribution < 1.29 is 4.74 Å². The number of hydrogen-bond acceptors (Lipinski definition) is 2. The summed E-state index contributed by atoms with van der Waals surface area (Å²) in [6.45, 7) is 2.99. The maximum Gasteiger partial charge on any atom is 0.123 e. The molecule has 1 aromatic heterocycles. The van der Waals surface area contributed by atoms with E-state index in [1.807, 2.05) is 30.6 Å². The molecular weight excluding hydrogens is 212 g/mol. The molecule has 0 aliphatic carbocycles. The molecule has 0 aliphatic heterocycles. The predicted octanol–water partition coefficient (Wildman–Crippen LogP) is 2.87. The standard InChI is InChI=1S/C14H18N2O/c1-11(16-10-12-7-8-15-9-12)13-5-3-4-6-14(13)17-2/h3-9,11,15-16H,10H2,1-2H3/t11-/m1/s1. The molecule has 2 rings (SSSR count). The van der Waals surface area contributed by atoms with Crippen LogP contribution in [0.4, 0.5) is 0 Å². The minimum Gasteiger partial charge on any atom is -0.496 e. The van der Waals surface area contributed by atoms with Crippen LogP contribution >= 0.6 is 0 Å². The van der Waals surface area contributed by atoms with Crippen molar-refractivity contribution in [1.82, 2.24) is 10.3 Å². The van der Waals surface area contributed by atoms with Crippen LogP contribution in [0.5, 0.6) is 5.75 Å². The minimum absolute atomic E-state index is 0.265. The minimum atomic E-state index is 0.265. The molecule has 0 saturated heterocycles. The number of nitrogens with one attached hydrogen (secondary N) is 2. The van der Waals surface area contributed by atoms with E-state index in [1.54, 1.807) is 7.11 Å². The number of rotatable bonds is 5. The number of para-hydroxylation sites is 1. The second-order valence-electron chi connectivity index (χ2n) is 4.06. The average molecular weight is 230 g/mol. The van der Waals surface area contributed by atoms with Gasteiger partial charge in [0.05, 0.1) is 7.11 Å². The van der Waals surface area contributed by atoms with Gasteiger partial charge in [0.2, 0.25) is 0 Å². The van der Waals surface area contributed by atoms with E-state index in [4.69, 9.17) is 4.74 Å². The highest BCUT2D eigenvalue weighted by molar-refractivity contribution is 5.35. The zero-order chi connectivity index (χ0) is 12.1. The summed E-state index contributed by atoms with van der Waals surface area (Å²) in [6.07, 6.45) is 3.94. The zero-order valence-electron chi connectivity index (χ0n) is 10.2. The molecule has 0 radical (unpaired) electrons. The van der Waals surface area contributed by atoms with Gasteiger partial charge in [-0.3, -0.25) is 0 Å². The van der Waals surface area contributed by atoms with Gasteiger partial charge in [-0.15, -0.1) is 0 Å². The predicted molar refractivity (Wildman–Crippen MR) is 69.0 cm³/mol. The first-order valence-corrected chi connectivity index (χ1v) is 5.79. The van der Waals surface area contributed by atoms with Crippen molar-refractivity contribution in [2.45, 2.75) is 19.5 Å². The van der Waals surface area contributed by atoms with Crippen LogP contribution in [0.1, 0.15) is 24.1 Å². The molecule has 2 aromatic rings. The van der Waals surface area contributed by atoms with E-state index >= 15 is 0 Å². The van der Waals surface area contributed by atoms with Crippen LogP contribution < -0.4 is 10.1 Å². The van der Waals surface area contributed by atoms with Gasteiger partial charge in [-0.1, -0.05) is 18.2 Å². The number of aromatic amines is 1. The van der Waals surface area contributed by atoms with E-state index in [2.05, 4.69) is 29.4 Å². The molecule has 0 amide bonds. The number of aromatic nitrogens is 1. The van der Waals surface area contributed by atoms with E-state index in [0.29, 0.717) is 0 Å². The van der Waals surface area contributed by atoms with Crippen molar-refractivity contribution in [2.75, 3.05) is 7.11 Å². The first-order chi connectivity index (χ1) is 8.31. The van der Waals surface area contributed by atoms with Gasteiger partial charge in [-0.25, -0.2) is 0 Å². The summed E-state index contributed by atoms with van der Waals surface area (Å²) in [6, 6.07) is 10.4. The third-order valence-electron chi connectivity index (χ3n) is 2.88. The normalized spacial score (nSPS) is 12.4. The largest absolute Gasteiger partial charge is 0.496 e. The number of ether oxygens (including phenoxy) is 1. The Labute approximate surface area is 102 Å². The smallest absolute Gasteiger partial charge is 0.123 e. The average Bonchev–Trinajstić information content (AvgIpc) is 2.89. The Bertz CT molecular complexity index is 451. The molecule has 0 unspecified atom stereocenters. The van der Waals surface area contributed by atoms with E-state index < -0.39 is 0 Å². The highest BCUT2D eigenvalue weighted by atomic mass is 16.5. The summed E-state index contributed by atoms with van der Waals surface area (Å²) in [5.41, 5.74) is 2.44. The fourth-order valence-electron chi connectivity index (χ4n) is 1.87. The number of H-pyrrole nitrogens is 1. The lowest BCUT2D eigenvalue weighted by molar-refractivity contribution is 0.401. The molecule has 0 bridgehead atoms. The van der Waals surface area contributed by atoms with Crippen LogP contribution in [0.2, 0.25) is 0 Å². The third-order valence-corrected chi connectivity index (χ3v) is 2.88. The molecule has 0 spiro atoms. The van der Waals surface area contributed by atoms with E-state index in [0.717, 1.165) is 12.3 Å². The molecule has 3 nitrogen and oxygen atoms in total. The summed E-state index contributed by atoms with van der Waals surface area (Å²) in [7, 11) is 1.71. The fraction of sp³-hybridized carbons (Fsp3) is 0.286. The molecule has 2 N–H and O–H groups in total. The first kappa shape index (κ1) is 11.7. The third kappa shape index (κ3) is 2.88. The number of benzene rings is 1. The Morgan fingerprint density at radius 1 is 1.29 bits per heavy atom. The molecule has 0 aliphatic rings. The zero-order valence-corrected chi connectivity index (χ0v) is 10.2. The monoisotopic (exact) mass is 230 g/mol. The van der Waals surface area contributed by atoms with Gasteiger partial charge in [0, 0.05) is 30.5 Å². The fourth-order valence-corrected chi connectivity index (χ4v) is 1.87. The van der Waals surface area contributed by atoms with Crippen LogP contribution in [0, 0.1) is 0 Å². The van der Waals surface area contributed by atoms with Crippen molar-refractivity contribution in [3.63, 3.8) is 0 Å². The molecule has 17 heavy (non-hydrogen) atoms. The Kier molecular flexibility index (Phi) is 3.83. The highest BCUT2D eigenvalue weighted by Crippen LogP contribution is 2.24. The van der Waals surface area contributed by atoms with E-state index in [9.17, 15) is 0 Å². The van der Waals surface area contributed by atoms with Crippen LogP contribution in [0.25, 0.3) is 0 Å². The topological polar surface area (TPSA) is 37.0 Å². The van der Waals surface area contributed by atoms with Crippen molar-refractivity contribution in [3.05, 3.63) is 53.9 Å². The van der Waals surface area contributed by atoms with E-state index in [1.165, 1.54) is 11.1 Å². The second kappa shape index (κ2) is 5.55. The van der Waals surface area contributed by atoms with Crippen molar-refractivity contribution in [2.24, 2.45) is 0 Å². The molecule has 0 fully saturated rings. The van der Waals surface area contributed by atoms with E-state index in [-0.39, 0.29) is 6.04 Å². The highest BCUT2D eigenvalue weighted by Gasteiger charge is 2.09. The van der Waals surface area contributed by atoms with Gasteiger partial charge >= 0.3 is 0 Å². The van der Waals surface area contributed by atoms with Gasteiger partial charge in [0.25, 0.3) is 0 Å². The molecule has 1 heterocycles. The van der Waals surface area contributed by atoms with Gasteiger partial charge in [0.1, 0.15) is 5.75 Å². The summed E-state index contributed by atoms with van der Waals surface area (Å²) in [5.74, 6) is 0.932. The van der Waals surface area contributed by atoms with Gasteiger partial charge in [0.15, 0.2) is 0 Å².